The third kappa shape index (κ3) is 2.85. The molecule has 0 aliphatic heterocycles. The molecule has 0 saturated heterocycles. The molecule has 0 radical (unpaired) electrons. The number of rotatable bonds is 5. The van der Waals surface area contributed by atoms with Gasteiger partial charge < -0.3 is 10.1 Å². The first-order chi connectivity index (χ1) is 10.2. The molecule has 21 heavy (non-hydrogen) atoms. The van der Waals surface area contributed by atoms with Crippen molar-refractivity contribution in [1.82, 2.24) is 5.32 Å². The molecule has 2 atom stereocenters. The molecule has 3 rings (SSSR count). The van der Waals surface area contributed by atoms with E-state index < -0.39 is 0 Å². The monoisotopic (exact) mass is 355 g/mol. The fourth-order valence-corrected chi connectivity index (χ4v) is 4.18. The second-order valence-electron chi connectivity index (χ2n) is 6.37. The summed E-state index contributed by atoms with van der Waals surface area (Å²) in [5.41, 5.74) is 0.277. The van der Waals surface area contributed by atoms with Gasteiger partial charge in [-0.25, -0.2) is 4.39 Å². The Labute approximate surface area is 134 Å². The third-order valence-electron chi connectivity index (χ3n) is 5.13. The second-order valence-corrected chi connectivity index (χ2v) is 7.22. The van der Waals surface area contributed by atoms with Gasteiger partial charge in [0.25, 0.3) is 0 Å². The molecule has 2 unspecified atom stereocenters. The van der Waals surface area contributed by atoms with Crippen molar-refractivity contribution in [2.45, 2.75) is 57.6 Å². The van der Waals surface area contributed by atoms with Gasteiger partial charge in [-0.3, -0.25) is 0 Å². The lowest BCUT2D eigenvalue weighted by Gasteiger charge is -2.54. The summed E-state index contributed by atoms with van der Waals surface area (Å²) in [5, 5.41) is 3.68. The molecule has 2 fully saturated rings. The molecule has 116 valence electrons. The van der Waals surface area contributed by atoms with E-state index in [2.05, 4.69) is 28.2 Å². The van der Waals surface area contributed by atoms with E-state index in [-0.39, 0.29) is 17.3 Å². The van der Waals surface area contributed by atoms with E-state index in [4.69, 9.17) is 4.74 Å². The van der Waals surface area contributed by atoms with Crippen LogP contribution in [0.5, 0.6) is 5.75 Å². The predicted molar refractivity (Wildman–Crippen MR) is 86.1 cm³/mol. The number of halogens is 2. The minimum atomic E-state index is -0.257. The van der Waals surface area contributed by atoms with Crippen LogP contribution in [-0.2, 0) is 0 Å². The summed E-state index contributed by atoms with van der Waals surface area (Å²) >= 11 is 3.18. The van der Waals surface area contributed by atoms with Crippen molar-refractivity contribution < 1.29 is 9.13 Å². The van der Waals surface area contributed by atoms with Crippen LogP contribution in [0.1, 0.15) is 45.4 Å². The van der Waals surface area contributed by atoms with Gasteiger partial charge in [-0.1, -0.05) is 19.8 Å². The van der Waals surface area contributed by atoms with Crippen molar-refractivity contribution in [2.75, 3.05) is 6.54 Å². The molecule has 1 N–H and O–H groups in total. The molecule has 0 aromatic heterocycles. The Bertz CT molecular complexity index is 502. The number of ether oxygens (including phenoxy) is 1. The quantitative estimate of drug-likeness (QED) is 0.828. The van der Waals surface area contributed by atoms with Crippen molar-refractivity contribution in [3.05, 3.63) is 28.5 Å². The van der Waals surface area contributed by atoms with E-state index in [0.29, 0.717) is 16.3 Å². The van der Waals surface area contributed by atoms with Crippen LogP contribution in [0.3, 0.4) is 0 Å². The summed E-state index contributed by atoms with van der Waals surface area (Å²) in [5.74, 6) is 0.397. The van der Waals surface area contributed by atoms with Gasteiger partial charge in [0, 0.05) is 23.9 Å². The molecule has 2 saturated carbocycles. The smallest absolute Gasteiger partial charge is 0.141 e. The van der Waals surface area contributed by atoms with Crippen molar-refractivity contribution in [1.29, 1.82) is 0 Å². The molecule has 0 heterocycles. The lowest BCUT2D eigenvalue weighted by Crippen LogP contribution is -2.63. The highest BCUT2D eigenvalue weighted by molar-refractivity contribution is 9.10. The van der Waals surface area contributed by atoms with Crippen molar-refractivity contribution in [3.63, 3.8) is 0 Å². The average molecular weight is 356 g/mol. The van der Waals surface area contributed by atoms with E-state index in [1.807, 2.05) is 6.07 Å². The SMILES string of the molecule is CCCNC1CC(Oc2ccc(Br)c(F)c2)C12CCCC2. The zero-order chi connectivity index (χ0) is 14.9. The van der Waals surface area contributed by atoms with Crippen molar-refractivity contribution in [2.24, 2.45) is 5.41 Å². The third-order valence-corrected chi connectivity index (χ3v) is 5.77. The van der Waals surface area contributed by atoms with Crippen LogP contribution in [0, 0.1) is 11.2 Å². The molecule has 1 aromatic carbocycles. The van der Waals surface area contributed by atoms with Gasteiger partial charge in [0.05, 0.1) is 4.47 Å². The summed E-state index contributed by atoms with van der Waals surface area (Å²) in [4.78, 5) is 0. The standard InChI is InChI=1S/C17H23BrFNO/c1-2-9-20-15-11-16(17(15)7-3-4-8-17)21-12-5-6-13(18)14(19)10-12/h5-6,10,15-16,20H,2-4,7-9,11H2,1H3. The lowest BCUT2D eigenvalue weighted by molar-refractivity contribution is -0.0760. The van der Waals surface area contributed by atoms with Gasteiger partial charge >= 0.3 is 0 Å². The summed E-state index contributed by atoms with van der Waals surface area (Å²) in [6.45, 7) is 3.28. The van der Waals surface area contributed by atoms with Gasteiger partial charge in [0.15, 0.2) is 0 Å². The van der Waals surface area contributed by atoms with E-state index in [1.54, 1.807) is 6.07 Å². The van der Waals surface area contributed by atoms with E-state index in [0.717, 1.165) is 19.4 Å². The molecule has 4 heteroatoms. The molecule has 1 aromatic rings. The van der Waals surface area contributed by atoms with Crippen LogP contribution in [0.25, 0.3) is 0 Å². The molecule has 0 amide bonds. The van der Waals surface area contributed by atoms with Crippen LogP contribution in [-0.4, -0.2) is 18.7 Å². The average Bonchev–Trinajstić information content (AvgIpc) is 2.98. The van der Waals surface area contributed by atoms with Crippen LogP contribution in [0.4, 0.5) is 4.39 Å². The van der Waals surface area contributed by atoms with Crippen LogP contribution < -0.4 is 10.1 Å². The van der Waals surface area contributed by atoms with Gasteiger partial charge in [-0.05, 0) is 53.9 Å². The first-order valence-corrected chi connectivity index (χ1v) is 8.80. The Hall–Kier alpha value is -0.610. The van der Waals surface area contributed by atoms with Crippen LogP contribution >= 0.6 is 15.9 Å². The Morgan fingerprint density at radius 1 is 1.38 bits per heavy atom. The lowest BCUT2D eigenvalue weighted by atomic mass is 9.60. The van der Waals surface area contributed by atoms with Gasteiger partial charge in [0.1, 0.15) is 17.7 Å². The Balaban J connectivity index is 1.69. The number of benzene rings is 1. The van der Waals surface area contributed by atoms with E-state index >= 15 is 0 Å². The zero-order valence-electron chi connectivity index (χ0n) is 12.5. The van der Waals surface area contributed by atoms with E-state index in [1.165, 1.54) is 31.7 Å². The summed E-state index contributed by atoms with van der Waals surface area (Å²) in [6, 6.07) is 5.63. The number of hydrogen-bond donors (Lipinski definition) is 1. The molecule has 2 aliphatic rings. The fourth-order valence-electron chi connectivity index (χ4n) is 3.94. The Morgan fingerprint density at radius 3 is 2.81 bits per heavy atom. The highest BCUT2D eigenvalue weighted by atomic mass is 79.9. The summed E-state index contributed by atoms with van der Waals surface area (Å²) < 4.78 is 20.2. The molecular weight excluding hydrogens is 333 g/mol. The minimum Gasteiger partial charge on any atom is -0.490 e. The first kappa shape index (κ1) is 15.3. The minimum absolute atomic E-state index is 0.231. The number of hydrogen-bond acceptors (Lipinski definition) is 2. The maximum Gasteiger partial charge on any atom is 0.141 e. The highest BCUT2D eigenvalue weighted by Gasteiger charge is 2.57. The molecule has 0 bridgehead atoms. The van der Waals surface area contributed by atoms with Crippen molar-refractivity contribution >= 4 is 15.9 Å². The highest BCUT2D eigenvalue weighted by Crippen LogP contribution is 2.54. The largest absolute Gasteiger partial charge is 0.490 e. The molecule has 2 aliphatic carbocycles. The maximum absolute atomic E-state index is 13.6. The van der Waals surface area contributed by atoms with Crippen LogP contribution in [0.15, 0.2) is 22.7 Å². The Morgan fingerprint density at radius 2 is 2.14 bits per heavy atom. The molecule has 1 spiro atoms. The van der Waals surface area contributed by atoms with Gasteiger partial charge in [-0.15, -0.1) is 0 Å². The van der Waals surface area contributed by atoms with Crippen LogP contribution in [0.2, 0.25) is 0 Å². The molecular formula is C17H23BrFNO. The predicted octanol–water partition coefficient (Wildman–Crippen LogP) is 4.67. The van der Waals surface area contributed by atoms with Gasteiger partial charge in [-0.2, -0.15) is 0 Å². The summed E-state index contributed by atoms with van der Waals surface area (Å²) in [6.07, 6.45) is 7.48. The second kappa shape index (κ2) is 6.25. The fraction of sp³-hybridized carbons (Fsp3) is 0.647. The maximum atomic E-state index is 13.6. The van der Waals surface area contributed by atoms with Gasteiger partial charge in [0.2, 0.25) is 0 Å². The molecule has 2 nitrogen and oxygen atoms in total. The number of nitrogens with one attached hydrogen (secondary N) is 1. The Kier molecular flexibility index (Phi) is 4.55. The normalized spacial score (nSPS) is 26.8. The first-order valence-electron chi connectivity index (χ1n) is 8.01. The summed E-state index contributed by atoms with van der Waals surface area (Å²) in [7, 11) is 0. The van der Waals surface area contributed by atoms with E-state index in [9.17, 15) is 4.39 Å². The zero-order valence-corrected chi connectivity index (χ0v) is 14.1. The topological polar surface area (TPSA) is 21.3 Å². The van der Waals surface area contributed by atoms with Crippen molar-refractivity contribution in [3.8, 4) is 5.75 Å².